The summed E-state index contributed by atoms with van der Waals surface area (Å²) in [6.07, 6.45) is 3.17. The lowest BCUT2D eigenvalue weighted by atomic mass is 10.1. The number of pyridine rings is 1. The van der Waals surface area contributed by atoms with Gasteiger partial charge in [0.25, 0.3) is 5.91 Å². The maximum absolute atomic E-state index is 14.2. The van der Waals surface area contributed by atoms with E-state index in [1.807, 2.05) is 37.3 Å². The molecule has 3 heterocycles. The number of hydrogen-bond acceptors (Lipinski definition) is 6. The fourth-order valence-electron chi connectivity index (χ4n) is 3.99. The number of nitrogens with one attached hydrogen (secondary N) is 1. The van der Waals surface area contributed by atoms with Crippen molar-refractivity contribution in [2.24, 2.45) is 0 Å². The quantitative estimate of drug-likeness (QED) is 0.788. The van der Waals surface area contributed by atoms with Gasteiger partial charge in [-0.05, 0) is 18.6 Å². The molecule has 9 heteroatoms. The summed E-state index contributed by atoms with van der Waals surface area (Å²) in [4.78, 5) is 34.2. The number of carbonyl (C=O) groups excluding carboxylic acids is 2. The monoisotopic (exact) mass is 439 g/mol. The van der Waals surface area contributed by atoms with Crippen molar-refractivity contribution < 1.29 is 18.7 Å². The molecule has 2 aliphatic heterocycles. The van der Waals surface area contributed by atoms with Crippen molar-refractivity contribution in [3.63, 3.8) is 0 Å². The largest absolute Gasteiger partial charge is 0.445 e. The number of rotatable bonds is 4. The fourth-order valence-corrected chi connectivity index (χ4v) is 3.99. The summed E-state index contributed by atoms with van der Waals surface area (Å²) in [5.74, 6) is -0.724. The number of likely N-dealkylation sites (N-methyl/N-ethyl adjacent to an activating group) is 1. The van der Waals surface area contributed by atoms with E-state index in [0.717, 1.165) is 11.8 Å². The van der Waals surface area contributed by atoms with Gasteiger partial charge in [-0.2, -0.15) is 0 Å². The van der Waals surface area contributed by atoms with Crippen LogP contribution < -0.4 is 5.32 Å². The molecule has 1 saturated heterocycles. The van der Waals surface area contributed by atoms with E-state index in [1.165, 1.54) is 18.3 Å². The molecule has 0 aliphatic carbocycles. The third kappa shape index (κ3) is 4.57. The average molecular weight is 439 g/mol. The van der Waals surface area contributed by atoms with Gasteiger partial charge < -0.3 is 19.9 Å². The van der Waals surface area contributed by atoms with Crippen LogP contribution in [-0.4, -0.2) is 70.7 Å². The van der Waals surface area contributed by atoms with Gasteiger partial charge in [0.2, 0.25) is 0 Å². The lowest BCUT2D eigenvalue weighted by molar-refractivity contribution is -0.134. The molecule has 0 spiro atoms. The second-order valence-corrected chi connectivity index (χ2v) is 7.95. The zero-order valence-electron chi connectivity index (χ0n) is 18.1. The molecule has 2 aromatic rings. The summed E-state index contributed by atoms with van der Waals surface area (Å²) >= 11 is 0. The molecule has 1 aromatic heterocycles. The maximum Gasteiger partial charge on any atom is 0.410 e. The van der Waals surface area contributed by atoms with Crippen LogP contribution in [0.25, 0.3) is 5.70 Å². The zero-order valence-corrected chi connectivity index (χ0v) is 18.1. The Kier molecular flexibility index (Phi) is 6.36. The second-order valence-electron chi connectivity index (χ2n) is 7.95. The van der Waals surface area contributed by atoms with Gasteiger partial charge in [0.05, 0.1) is 11.9 Å². The van der Waals surface area contributed by atoms with Gasteiger partial charge in [-0.3, -0.25) is 14.7 Å². The smallest absolute Gasteiger partial charge is 0.410 e. The number of ether oxygens (including phenoxy) is 1. The van der Waals surface area contributed by atoms with Crippen LogP contribution in [0.3, 0.4) is 0 Å². The number of piperazine rings is 1. The van der Waals surface area contributed by atoms with E-state index < -0.39 is 12.1 Å². The number of nitrogens with zero attached hydrogens (tertiary/aromatic N) is 4. The first-order valence-corrected chi connectivity index (χ1v) is 10.5. The Bertz CT molecular complexity index is 1020. The molecule has 2 aliphatic rings. The van der Waals surface area contributed by atoms with Gasteiger partial charge in [-0.1, -0.05) is 30.3 Å². The minimum absolute atomic E-state index is 0.0533. The van der Waals surface area contributed by atoms with Crippen molar-refractivity contribution in [2.45, 2.75) is 25.9 Å². The molecular formula is C23H26FN5O3. The predicted octanol–water partition coefficient (Wildman–Crippen LogP) is 2.25. The average Bonchev–Trinajstić information content (AvgIpc) is 2.80. The van der Waals surface area contributed by atoms with Gasteiger partial charge in [-0.15, -0.1) is 0 Å². The minimum atomic E-state index is -0.499. The summed E-state index contributed by atoms with van der Waals surface area (Å²) in [5, 5.41) is 3.27. The van der Waals surface area contributed by atoms with Gasteiger partial charge in [0.1, 0.15) is 6.61 Å². The predicted molar refractivity (Wildman–Crippen MR) is 116 cm³/mol. The van der Waals surface area contributed by atoms with Crippen LogP contribution in [0.15, 0.2) is 54.9 Å². The molecule has 168 valence electrons. The molecule has 32 heavy (non-hydrogen) atoms. The van der Waals surface area contributed by atoms with E-state index in [0.29, 0.717) is 30.9 Å². The first-order chi connectivity index (χ1) is 15.4. The molecule has 8 nitrogen and oxygen atoms in total. The number of halogens is 1. The summed E-state index contributed by atoms with van der Waals surface area (Å²) in [5.41, 5.74) is 1.64. The molecule has 0 saturated carbocycles. The molecule has 0 radical (unpaired) electrons. The second kappa shape index (κ2) is 9.35. The van der Waals surface area contributed by atoms with Crippen molar-refractivity contribution in [3.05, 3.63) is 71.8 Å². The molecule has 1 N–H and O–H groups in total. The van der Waals surface area contributed by atoms with Crippen molar-refractivity contribution in [2.75, 3.05) is 26.7 Å². The maximum atomic E-state index is 14.2. The SMILES string of the molecule is C[C@H]1CN(C(=O)OCc2ccccc2)CCN1C1NC(c2ccncc2F)=CC(=O)N1C. The minimum Gasteiger partial charge on any atom is -0.445 e. The Morgan fingerprint density at radius 1 is 1.25 bits per heavy atom. The van der Waals surface area contributed by atoms with Crippen molar-refractivity contribution in [1.29, 1.82) is 0 Å². The Morgan fingerprint density at radius 3 is 2.75 bits per heavy atom. The number of benzene rings is 1. The molecule has 1 aromatic carbocycles. The first-order valence-electron chi connectivity index (χ1n) is 10.5. The van der Waals surface area contributed by atoms with Crippen molar-refractivity contribution in [1.82, 2.24) is 25.0 Å². The van der Waals surface area contributed by atoms with Crippen LogP contribution in [-0.2, 0) is 16.1 Å². The normalized spacial score (nSPS) is 21.7. The number of hydrogen-bond donors (Lipinski definition) is 1. The van der Waals surface area contributed by atoms with Crippen LogP contribution in [0, 0.1) is 5.82 Å². The summed E-state index contributed by atoms with van der Waals surface area (Å²) in [7, 11) is 1.70. The van der Waals surface area contributed by atoms with Crippen molar-refractivity contribution >= 4 is 17.7 Å². The number of carbonyl (C=O) groups is 2. The van der Waals surface area contributed by atoms with Crippen LogP contribution in [0.1, 0.15) is 18.1 Å². The Labute approximate surface area is 186 Å². The number of aromatic nitrogens is 1. The Morgan fingerprint density at radius 2 is 2.03 bits per heavy atom. The van der Waals surface area contributed by atoms with E-state index in [9.17, 15) is 14.0 Å². The van der Waals surface area contributed by atoms with Gasteiger partial charge >= 0.3 is 6.09 Å². The first kappa shape index (κ1) is 21.8. The summed E-state index contributed by atoms with van der Waals surface area (Å²) < 4.78 is 19.7. The third-order valence-corrected chi connectivity index (χ3v) is 5.79. The highest BCUT2D eigenvalue weighted by Crippen LogP contribution is 2.23. The molecule has 2 amide bonds. The lowest BCUT2D eigenvalue weighted by Crippen LogP contribution is -2.66. The Balaban J connectivity index is 1.40. The highest BCUT2D eigenvalue weighted by atomic mass is 19.1. The zero-order chi connectivity index (χ0) is 22.7. The van der Waals surface area contributed by atoms with Crippen LogP contribution in [0.2, 0.25) is 0 Å². The fraction of sp³-hybridized carbons (Fsp3) is 0.348. The third-order valence-electron chi connectivity index (χ3n) is 5.79. The van der Waals surface area contributed by atoms with E-state index in [2.05, 4.69) is 15.2 Å². The van der Waals surface area contributed by atoms with Gasteiger partial charge in [0, 0.05) is 50.6 Å². The number of amides is 2. The van der Waals surface area contributed by atoms with E-state index in [-0.39, 0.29) is 24.6 Å². The molecule has 1 unspecified atom stereocenters. The standard InChI is InChI=1S/C23H26FN5O3/c1-16-14-28(23(31)32-15-17-6-4-3-5-7-17)10-11-29(16)22-26-20(12-21(30)27(22)2)18-8-9-25-13-19(18)24/h3-9,12-13,16,22,26H,10-11,14-15H2,1-2H3/t16-,22?/m0/s1. The summed E-state index contributed by atoms with van der Waals surface area (Å²) in [6, 6.07) is 11.0. The molecule has 0 bridgehead atoms. The van der Waals surface area contributed by atoms with Crippen LogP contribution in [0.4, 0.5) is 9.18 Å². The molecule has 1 fully saturated rings. The van der Waals surface area contributed by atoms with Crippen molar-refractivity contribution in [3.8, 4) is 0 Å². The van der Waals surface area contributed by atoms with Gasteiger partial charge in [0.15, 0.2) is 12.1 Å². The van der Waals surface area contributed by atoms with Crippen LogP contribution in [0.5, 0.6) is 0 Å². The highest BCUT2D eigenvalue weighted by molar-refractivity contribution is 5.96. The molecule has 2 atom stereocenters. The molecule has 4 rings (SSSR count). The highest BCUT2D eigenvalue weighted by Gasteiger charge is 2.37. The van der Waals surface area contributed by atoms with E-state index >= 15 is 0 Å². The van der Waals surface area contributed by atoms with Crippen LogP contribution >= 0.6 is 0 Å². The van der Waals surface area contributed by atoms with Gasteiger partial charge in [-0.25, -0.2) is 9.18 Å². The molecular weight excluding hydrogens is 413 g/mol. The van der Waals surface area contributed by atoms with E-state index in [1.54, 1.807) is 16.8 Å². The lowest BCUT2D eigenvalue weighted by Gasteiger charge is -2.47. The Hall–Kier alpha value is -3.46. The summed E-state index contributed by atoms with van der Waals surface area (Å²) in [6.45, 7) is 3.66. The topological polar surface area (TPSA) is 78.0 Å². The van der Waals surface area contributed by atoms with E-state index in [4.69, 9.17) is 4.74 Å².